The predicted octanol–water partition coefficient (Wildman–Crippen LogP) is 4.01. The van der Waals surface area contributed by atoms with Crippen LogP contribution in [0.15, 0.2) is 0 Å². The van der Waals surface area contributed by atoms with Crippen LogP contribution in [0.1, 0.15) is 40.0 Å². The van der Waals surface area contributed by atoms with Crippen molar-refractivity contribution >= 4 is 23.5 Å². The molecule has 0 saturated carbocycles. The maximum atomic E-state index is 2.35. The van der Waals surface area contributed by atoms with E-state index < -0.39 is 0 Å². The Balaban J connectivity index is 3.51. The van der Waals surface area contributed by atoms with Crippen molar-refractivity contribution in [2.45, 2.75) is 44.1 Å². The van der Waals surface area contributed by atoms with Gasteiger partial charge in [0, 0.05) is 0 Å². The maximum Gasteiger partial charge on any atom is 0.0577 e. The molecule has 1 unspecified atom stereocenters. The van der Waals surface area contributed by atoms with E-state index >= 15 is 0 Å². The van der Waals surface area contributed by atoms with Crippen molar-refractivity contribution < 1.29 is 0 Å². The minimum absolute atomic E-state index is 0.467. The molecular weight excluding hydrogens is 172 g/mol. The molecule has 0 aliphatic heterocycles. The lowest BCUT2D eigenvalue weighted by atomic mass is 10.4. The molecule has 0 rings (SSSR count). The molecule has 0 aliphatic carbocycles. The van der Waals surface area contributed by atoms with Crippen LogP contribution in [-0.4, -0.2) is 16.1 Å². The van der Waals surface area contributed by atoms with E-state index in [-0.39, 0.29) is 0 Å². The monoisotopic (exact) mass is 192 g/mol. The third kappa shape index (κ3) is 5.02. The van der Waals surface area contributed by atoms with Gasteiger partial charge in [-0.3, -0.25) is 0 Å². The van der Waals surface area contributed by atoms with Crippen LogP contribution in [0.3, 0.4) is 0 Å². The lowest BCUT2D eigenvalue weighted by Gasteiger charge is -2.24. The molecule has 1 atom stereocenters. The van der Waals surface area contributed by atoms with Crippen LogP contribution in [0.2, 0.25) is 0 Å². The fraction of sp³-hybridized carbons (Fsp3) is 1.00. The van der Waals surface area contributed by atoms with Gasteiger partial charge in [0.25, 0.3) is 0 Å². The minimum atomic E-state index is 0.467. The standard InChI is InChI=1S/C9H20S2/c1-5-7-8-11-9(3,6-2)10-4/h5-8H2,1-4H3. The molecule has 11 heavy (non-hydrogen) atoms. The Morgan fingerprint density at radius 2 is 1.91 bits per heavy atom. The Morgan fingerprint density at radius 3 is 2.27 bits per heavy atom. The van der Waals surface area contributed by atoms with Gasteiger partial charge in [-0.2, -0.15) is 0 Å². The fourth-order valence-corrected chi connectivity index (χ4v) is 2.82. The molecule has 0 amide bonds. The van der Waals surface area contributed by atoms with E-state index in [1.807, 2.05) is 11.8 Å². The molecule has 68 valence electrons. The average molecular weight is 192 g/mol. The average Bonchev–Trinajstić information content (AvgIpc) is 2.05. The highest BCUT2D eigenvalue weighted by Gasteiger charge is 2.19. The van der Waals surface area contributed by atoms with Gasteiger partial charge >= 0.3 is 0 Å². The van der Waals surface area contributed by atoms with Gasteiger partial charge in [-0.15, -0.1) is 23.5 Å². The highest BCUT2D eigenvalue weighted by molar-refractivity contribution is 8.17. The molecule has 0 fully saturated rings. The highest BCUT2D eigenvalue weighted by atomic mass is 32.2. The number of hydrogen-bond donors (Lipinski definition) is 0. The summed E-state index contributed by atoms with van der Waals surface area (Å²) in [5, 5.41) is 0. The van der Waals surface area contributed by atoms with Crippen molar-refractivity contribution in [3.63, 3.8) is 0 Å². The van der Waals surface area contributed by atoms with Crippen LogP contribution in [0, 0.1) is 0 Å². The third-order valence-electron chi connectivity index (χ3n) is 1.98. The molecule has 0 radical (unpaired) electrons. The summed E-state index contributed by atoms with van der Waals surface area (Å²) in [7, 11) is 0. The normalized spacial score (nSPS) is 16.4. The van der Waals surface area contributed by atoms with Gasteiger partial charge in [0.1, 0.15) is 0 Å². The molecule has 0 saturated heterocycles. The van der Waals surface area contributed by atoms with Gasteiger partial charge in [-0.25, -0.2) is 0 Å². The Kier molecular flexibility index (Phi) is 6.64. The first kappa shape index (κ1) is 11.7. The molecule has 0 spiro atoms. The van der Waals surface area contributed by atoms with E-state index in [4.69, 9.17) is 0 Å². The molecule has 0 aromatic heterocycles. The van der Waals surface area contributed by atoms with Crippen molar-refractivity contribution in [2.75, 3.05) is 12.0 Å². The zero-order valence-electron chi connectivity index (χ0n) is 8.14. The Morgan fingerprint density at radius 1 is 1.27 bits per heavy atom. The topological polar surface area (TPSA) is 0 Å². The van der Waals surface area contributed by atoms with E-state index in [1.54, 1.807) is 0 Å². The molecular formula is C9H20S2. The number of hydrogen-bond acceptors (Lipinski definition) is 2. The van der Waals surface area contributed by atoms with Crippen molar-refractivity contribution in [1.29, 1.82) is 0 Å². The van der Waals surface area contributed by atoms with Gasteiger partial charge in [0.2, 0.25) is 0 Å². The van der Waals surface area contributed by atoms with Gasteiger partial charge in [-0.05, 0) is 31.8 Å². The molecule has 0 nitrogen and oxygen atoms in total. The zero-order valence-corrected chi connectivity index (χ0v) is 9.78. The summed E-state index contributed by atoms with van der Waals surface area (Å²) in [4.78, 5) is 0. The predicted molar refractivity (Wildman–Crippen MR) is 59.6 cm³/mol. The van der Waals surface area contributed by atoms with Gasteiger partial charge in [0.15, 0.2) is 0 Å². The minimum Gasteiger partial charge on any atom is -0.148 e. The molecule has 0 bridgehead atoms. The van der Waals surface area contributed by atoms with Crippen LogP contribution in [0.5, 0.6) is 0 Å². The first-order valence-electron chi connectivity index (χ1n) is 4.37. The molecule has 2 heteroatoms. The second-order valence-corrected chi connectivity index (χ2v) is 6.06. The van der Waals surface area contributed by atoms with E-state index in [0.717, 1.165) is 0 Å². The fourth-order valence-electron chi connectivity index (χ4n) is 0.738. The highest BCUT2D eigenvalue weighted by Crippen LogP contribution is 2.38. The maximum absolute atomic E-state index is 2.35. The summed E-state index contributed by atoms with van der Waals surface area (Å²) >= 11 is 4.10. The molecule has 0 aliphatic rings. The summed E-state index contributed by atoms with van der Waals surface area (Å²) in [6.45, 7) is 6.87. The van der Waals surface area contributed by atoms with E-state index in [9.17, 15) is 0 Å². The van der Waals surface area contributed by atoms with Crippen LogP contribution in [0.25, 0.3) is 0 Å². The van der Waals surface area contributed by atoms with E-state index in [1.165, 1.54) is 25.0 Å². The SMILES string of the molecule is CCCCSC(C)(CC)SC. The first-order chi connectivity index (χ1) is 5.18. The number of rotatable bonds is 6. The van der Waals surface area contributed by atoms with Gasteiger partial charge in [0.05, 0.1) is 4.08 Å². The van der Waals surface area contributed by atoms with Crippen LogP contribution in [-0.2, 0) is 0 Å². The molecule has 0 N–H and O–H groups in total. The second-order valence-electron chi connectivity index (χ2n) is 2.89. The first-order valence-corrected chi connectivity index (χ1v) is 6.58. The summed E-state index contributed by atoms with van der Waals surface area (Å²) in [5.74, 6) is 1.32. The summed E-state index contributed by atoms with van der Waals surface area (Å²) in [6, 6.07) is 0. The Bertz CT molecular complexity index is 87.6. The van der Waals surface area contributed by atoms with Crippen molar-refractivity contribution in [1.82, 2.24) is 0 Å². The lowest BCUT2D eigenvalue weighted by Crippen LogP contribution is -2.13. The smallest absolute Gasteiger partial charge is 0.0577 e. The van der Waals surface area contributed by atoms with Crippen LogP contribution < -0.4 is 0 Å². The van der Waals surface area contributed by atoms with Gasteiger partial charge < -0.3 is 0 Å². The number of thioether (sulfide) groups is 2. The third-order valence-corrected chi connectivity index (χ3v) is 5.38. The van der Waals surface area contributed by atoms with Crippen molar-refractivity contribution in [2.24, 2.45) is 0 Å². The van der Waals surface area contributed by atoms with E-state index in [2.05, 4.69) is 38.8 Å². The Hall–Kier alpha value is 0.700. The number of unbranched alkanes of at least 4 members (excludes halogenated alkanes) is 1. The van der Waals surface area contributed by atoms with E-state index in [0.29, 0.717) is 4.08 Å². The zero-order chi connectivity index (χ0) is 8.74. The lowest BCUT2D eigenvalue weighted by molar-refractivity contribution is 0.835. The van der Waals surface area contributed by atoms with Crippen LogP contribution >= 0.6 is 23.5 Å². The second kappa shape index (κ2) is 6.24. The Labute approximate surface area is 79.9 Å². The molecule has 0 heterocycles. The van der Waals surface area contributed by atoms with Crippen molar-refractivity contribution in [3.8, 4) is 0 Å². The molecule has 0 aromatic rings. The molecule has 0 aromatic carbocycles. The summed E-state index contributed by atoms with van der Waals surface area (Å²) in [5.41, 5.74) is 0. The van der Waals surface area contributed by atoms with Crippen molar-refractivity contribution in [3.05, 3.63) is 0 Å². The quantitative estimate of drug-likeness (QED) is 0.461. The van der Waals surface area contributed by atoms with Crippen LogP contribution in [0.4, 0.5) is 0 Å². The summed E-state index contributed by atoms with van der Waals surface area (Å²) in [6.07, 6.45) is 6.16. The van der Waals surface area contributed by atoms with Gasteiger partial charge in [-0.1, -0.05) is 20.3 Å². The largest absolute Gasteiger partial charge is 0.148 e. The summed E-state index contributed by atoms with van der Waals surface area (Å²) < 4.78 is 0.467.